The summed E-state index contributed by atoms with van der Waals surface area (Å²) in [7, 11) is 0. The fourth-order valence-electron chi connectivity index (χ4n) is 3.14. The molecule has 0 aromatic heterocycles. The molecule has 30 heavy (non-hydrogen) atoms. The molecule has 7 nitrogen and oxygen atoms in total. The fraction of sp³-hybridized carbons (Fsp3) is 0.636. The van der Waals surface area contributed by atoms with E-state index in [0.29, 0.717) is 26.2 Å². The number of hydrogen-bond acceptors (Lipinski definition) is 5. The van der Waals surface area contributed by atoms with Gasteiger partial charge in [0.1, 0.15) is 11.2 Å². The van der Waals surface area contributed by atoms with E-state index in [0.717, 1.165) is 10.0 Å². The Bertz CT molecular complexity index is 725. The fourth-order valence-corrected chi connectivity index (χ4v) is 3.41. The van der Waals surface area contributed by atoms with Crippen LogP contribution in [-0.2, 0) is 14.2 Å². The zero-order valence-corrected chi connectivity index (χ0v) is 20.2. The molecule has 2 amide bonds. The smallest absolute Gasteiger partial charge is 0.411 e. The van der Waals surface area contributed by atoms with Crippen LogP contribution in [0.3, 0.4) is 0 Å². The first-order valence-electron chi connectivity index (χ1n) is 10.2. The van der Waals surface area contributed by atoms with Crippen molar-refractivity contribution in [2.45, 2.75) is 71.2 Å². The molecule has 8 heteroatoms. The highest BCUT2D eigenvalue weighted by molar-refractivity contribution is 9.10. The molecule has 0 aliphatic carbocycles. The van der Waals surface area contributed by atoms with E-state index in [1.54, 1.807) is 4.90 Å². The van der Waals surface area contributed by atoms with Gasteiger partial charge in [-0.15, -0.1) is 0 Å². The summed E-state index contributed by atoms with van der Waals surface area (Å²) in [5.74, 6) is 0. The molecule has 1 fully saturated rings. The number of alkyl carbamates (subject to hydrolysis) is 1. The highest BCUT2D eigenvalue weighted by Crippen LogP contribution is 2.31. The standard InChI is InChI=1S/C22H33BrN2O5/c1-21(2,3)29-19(26)24-12-11-17-13-28-14-18(15-7-9-16(23)10-8-15)25(17)20(27)30-22(4,5)6/h7-10,17-18H,11-14H2,1-6H3,(H,24,26)/t17-,18+/m1/s1. The van der Waals surface area contributed by atoms with Gasteiger partial charge in [-0.05, 0) is 65.7 Å². The summed E-state index contributed by atoms with van der Waals surface area (Å²) in [4.78, 5) is 26.8. The van der Waals surface area contributed by atoms with Crippen molar-refractivity contribution in [1.82, 2.24) is 10.2 Å². The number of nitrogens with one attached hydrogen (secondary N) is 1. The van der Waals surface area contributed by atoms with Gasteiger partial charge in [-0.1, -0.05) is 28.1 Å². The number of hydrogen-bond donors (Lipinski definition) is 1. The first-order chi connectivity index (χ1) is 13.9. The van der Waals surface area contributed by atoms with Gasteiger partial charge in [0.2, 0.25) is 0 Å². The second kappa shape index (κ2) is 10.0. The number of nitrogens with zero attached hydrogens (tertiary/aromatic N) is 1. The topological polar surface area (TPSA) is 77.1 Å². The quantitative estimate of drug-likeness (QED) is 0.647. The van der Waals surface area contributed by atoms with Gasteiger partial charge in [0.05, 0.1) is 25.3 Å². The molecule has 2 atom stereocenters. The lowest BCUT2D eigenvalue weighted by molar-refractivity contribution is -0.0635. The molecule has 168 valence electrons. The molecule has 0 radical (unpaired) electrons. The molecule has 1 aliphatic rings. The Morgan fingerprint density at radius 1 is 1.07 bits per heavy atom. The molecule has 1 heterocycles. The molecule has 1 saturated heterocycles. The van der Waals surface area contributed by atoms with Crippen LogP contribution in [0, 0.1) is 0 Å². The van der Waals surface area contributed by atoms with E-state index in [4.69, 9.17) is 14.2 Å². The van der Waals surface area contributed by atoms with Gasteiger partial charge in [-0.2, -0.15) is 0 Å². The van der Waals surface area contributed by atoms with Crippen LogP contribution in [0.25, 0.3) is 0 Å². The zero-order chi connectivity index (χ0) is 22.5. The van der Waals surface area contributed by atoms with Crippen LogP contribution in [0.2, 0.25) is 0 Å². The average molecular weight is 485 g/mol. The van der Waals surface area contributed by atoms with E-state index < -0.39 is 17.3 Å². The number of benzene rings is 1. The van der Waals surface area contributed by atoms with Crippen molar-refractivity contribution in [2.75, 3.05) is 19.8 Å². The zero-order valence-electron chi connectivity index (χ0n) is 18.7. The van der Waals surface area contributed by atoms with Crippen molar-refractivity contribution in [1.29, 1.82) is 0 Å². The molecule has 1 aromatic carbocycles. The van der Waals surface area contributed by atoms with Crippen LogP contribution >= 0.6 is 15.9 Å². The van der Waals surface area contributed by atoms with E-state index in [-0.39, 0.29) is 18.2 Å². The Labute approximate surface area is 187 Å². The first kappa shape index (κ1) is 24.5. The Morgan fingerprint density at radius 3 is 2.23 bits per heavy atom. The van der Waals surface area contributed by atoms with Crippen molar-refractivity contribution in [3.05, 3.63) is 34.3 Å². The average Bonchev–Trinajstić information content (AvgIpc) is 2.59. The monoisotopic (exact) mass is 484 g/mol. The number of carbonyl (C=O) groups is 2. The maximum absolute atomic E-state index is 13.1. The van der Waals surface area contributed by atoms with Gasteiger partial charge in [-0.3, -0.25) is 4.90 Å². The van der Waals surface area contributed by atoms with Gasteiger partial charge in [-0.25, -0.2) is 9.59 Å². The minimum Gasteiger partial charge on any atom is -0.444 e. The lowest BCUT2D eigenvalue weighted by atomic mass is 10.0. The third-order valence-electron chi connectivity index (χ3n) is 4.32. The van der Waals surface area contributed by atoms with Crippen LogP contribution in [0.15, 0.2) is 28.7 Å². The summed E-state index contributed by atoms with van der Waals surface area (Å²) in [6, 6.07) is 7.31. The minimum absolute atomic E-state index is 0.239. The molecule has 1 N–H and O–H groups in total. The number of rotatable bonds is 4. The number of ether oxygens (including phenoxy) is 3. The molecule has 1 aliphatic heterocycles. The highest BCUT2D eigenvalue weighted by atomic mass is 79.9. The van der Waals surface area contributed by atoms with Crippen molar-refractivity contribution in [2.24, 2.45) is 0 Å². The lowest BCUT2D eigenvalue weighted by Crippen LogP contribution is -2.53. The normalized spacial score (nSPS) is 19.9. The van der Waals surface area contributed by atoms with Gasteiger partial charge in [0.25, 0.3) is 0 Å². The van der Waals surface area contributed by atoms with Gasteiger partial charge in [0, 0.05) is 11.0 Å². The summed E-state index contributed by atoms with van der Waals surface area (Å²) >= 11 is 3.44. The van der Waals surface area contributed by atoms with Crippen LogP contribution in [0.5, 0.6) is 0 Å². The summed E-state index contributed by atoms with van der Waals surface area (Å²) in [6.07, 6.45) is -0.348. The number of carbonyl (C=O) groups excluding carboxylic acids is 2. The molecule has 0 unspecified atom stereocenters. The van der Waals surface area contributed by atoms with Crippen molar-refractivity contribution >= 4 is 28.1 Å². The Morgan fingerprint density at radius 2 is 1.67 bits per heavy atom. The Kier molecular flexibility index (Phi) is 8.16. The second-order valence-corrected chi connectivity index (χ2v) is 10.3. The number of amides is 2. The molecule has 0 bridgehead atoms. The molecular weight excluding hydrogens is 452 g/mol. The Balaban J connectivity index is 2.14. The maximum atomic E-state index is 13.1. The van der Waals surface area contributed by atoms with E-state index in [1.807, 2.05) is 65.8 Å². The summed E-state index contributed by atoms with van der Waals surface area (Å²) < 4.78 is 17.8. The van der Waals surface area contributed by atoms with E-state index >= 15 is 0 Å². The molecule has 0 saturated carbocycles. The van der Waals surface area contributed by atoms with Gasteiger partial charge < -0.3 is 19.5 Å². The SMILES string of the molecule is CC(C)(C)OC(=O)NCC[C@@H]1COC[C@@H](c2ccc(Br)cc2)N1C(=O)OC(C)(C)C. The third kappa shape index (κ3) is 7.80. The third-order valence-corrected chi connectivity index (χ3v) is 4.85. The molecule has 0 spiro atoms. The van der Waals surface area contributed by atoms with Crippen molar-refractivity contribution in [3.63, 3.8) is 0 Å². The maximum Gasteiger partial charge on any atom is 0.411 e. The van der Waals surface area contributed by atoms with E-state index in [9.17, 15) is 9.59 Å². The van der Waals surface area contributed by atoms with Gasteiger partial charge in [0.15, 0.2) is 0 Å². The van der Waals surface area contributed by atoms with E-state index in [1.165, 1.54) is 0 Å². The Hall–Kier alpha value is -1.80. The summed E-state index contributed by atoms with van der Waals surface area (Å²) in [5.41, 5.74) is -0.208. The van der Waals surface area contributed by atoms with Crippen molar-refractivity contribution < 1.29 is 23.8 Å². The lowest BCUT2D eigenvalue weighted by Gasteiger charge is -2.42. The van der Waals surface area contributed by atoms with E-state index in [2.05, 4.69) is 21.2 Å². The van der Waals surface area contributed by atoms with Crippen LogP contribution in [0.4, 0.5) is 9.59 Å². The second-order valence-electron chi connectivity index (χ2n) is 9.36. The highest BCUT2D eigenvalue weighted by Gasteiger charge is 2.38. The largest absolute Gasteiger partial charge is 0.444 e. The molecule has 1 aromatic rings. The summed E-state index contributed by atoms with van der Waals surface area (Å²) in [6.45, 7) is 12.1. The predicted molar refractivity (Wildman–Crippen MR) is 118 cm³/mol. The van der Waals surface area contributed by atoms with Gasteiger partial charge >= 0.3 is 12.2 Å². The van der Waals surface area contributed by atoms with Crippen LogP contribution in [0.1, 0.15) is 59.6 Å². The molecular formula is C22H33BrN2O5. The van der Waals surface area contributed by atoms with Crippen molar-refractivity contribution in [3.8, 4) is 0 Å². The number of morpholine rings is 1. The minimum atomic E-state index is -0.612. The number of halogens is 1. The first-order valence-corrected chi connectivity index (χ1v) is 11.0. The van der Waals surface area contributed by atoms with Crippen LogP contribution < -0.4 is 5.32 Å². The predicted octanol–water partition coefficient (Wildman–Crippen LogP) is 5.04. The van der Waals surface area contributed by atoms with Crippen LogP contribution in [-0.4, -0.2) is 54.1 Å². The molecule has 2 rings (SSSR count). The summed E-state index contributed by atoms with van der Waals surface area (Å²) in [5, 5.41) is 2.75.